The van der Waals surface area contributed by atoms with E-state index in [9.17, 15) is 23.7 Å². The van der Waals surface area contributed by atoms with Crippen molar-refractivity contribution in [1.82, 2.24) is 9.80 Å². The lowest BCUT2D eigenvalue weighted by atomic mass is 10.1. The molecule has 35 heavy (non-hydrogen) atoms. The highest BCUT2D eigenvalue weighted by molar-refractivity contribution is 8.45. The third-order valence-electron chi connectivity index (χ3n) is 6.94. The van der Waals surface area contributed by atoms with Crippen molar-refractivity contribution in [2.45, 2.75) is 42.4 Å². The second kappa shape index (κ2) is 9.41. The standard InChI is InChI=1S/C25H26FN3O5S/c26-21-10-9-17(16-35(27-33)22-8-4-3-7-19(22)24(35)31)15-20(21)23(30)28-11-13-29(14-12-28)25(32)34-18-5-1-2-6-18/h3-4,7-10,15,18H,1-2,5-6,11-14,16H2. The fraction of sp³-hybridized carbons (Fsp3) is 0.400. The number of ether oxygens (including phenoxy) is 1. The molecule has 0 N–H and O–H groups in total. The maximum Gasteiger partial charge on any atom is 0.410 e. The molecular weight excluding hydrogens is 473 g/mol. The van der Waals surface area contributed by atoms with Gasteiger partial charge >= 0.3 is 6.09 Å². The van der Waals surface area contributed by atoms with Crippen LogP contribution in [0.5, 0.6) is 0 Å². The molecule has 2 fully saturated rings. The van der Waals surface area contributed by atoms with Gasteiger partial charge < -0.3 is 14.5 Å². The van der Waals surface area contributed by atoms with Gasteiger partial charge in [-0.2, -0.15) is 0 Å². The molecule has 2 heterocycles. The highest BCUT2D eigenvalue weighted by Gasteiger charge is 2.48. The number of rotatable bonds is 5. The van der Waals surface area contributed by atoms with Crippen molar-refractivity contribution in [3.05, 3.63) is 69.9 Å². The Bertz CT molecular complexity index is 1190. The van der Waals surface area contributed by atoms with Crippen LogP contribution in [-0.4, -0.2) is 59.2 Å². The smallest absolute Gasteiger partial charge is 0.410 e. The van der Waals surface area contributed by atoms with E-state index in [-0.39, 0.29) is 41.7 Å². The summed E-state index contributed by atoms with van der Waals surface area (Å²) in [4.78, 5) is 53.7. The van der Waals surface area contributed by atoms with Gasteiger partial charge in [-0.1, -0.05) is 18.2 Å². The van der Waals surface area contributed by atoms with Crippen molar-refractivity contribution >= 4 is 27.3 Å². The zero-order chi connectivity index (χ0) is 24.6. The summed E-state index contributed by atoms with van der Waals surface area (Å²) in [7, 11) is -2.61. The Kier molecular flexibility index (Phi) is 6.31. The van der Waals surface area contributed by atoms with Crippen LogP contribution in [0.1, 0.15) is 52.0 Å². The summed E-state index contributed by atoms with van der Waals surface area (Å²) in [5.41, 5.74) is 0.876. The Morgan fingerprint density at radius 2 is 1.71 bits per heavy atom. The van der Waals surface area contributed by atoms with Crippen molar-refractivity contribution in [3.8, 4) is 0 Å². The summed E-state index contributed by atoms with van der Waals surface area (Å²) < 4.78 is 23.4. The van der Waals surface area contributed by atoms with E-state index < -0.39 is 21.9 Å². The minimum absolute atomic E-state index is 0.0280. The average molecular weight is 500 g/mol. The number of piperazine rings is 1. The summed E-state index contributed by atoms with van der Waals surface area (Å²) in [5.74, 6) is -1.13. The van der Waals surface area contributed by atoms with E-state index in [2.05, 4.69) is 4.58 Å². The number of carbonyl (C=O) groups excluding carboxylic acids is 3. The number of carbonyl (C=O) groups is 3. The number of amides is 2. The van der Waals surface area contributed by atoms with E-state index in [0.717, 1.165) is 25.7 Å². The monoisotopic (exact) mass is 499 g/mol. The molecule has 1 saturated heterocycles. The van der Waals surface area contributed by atoms with Gasteiger partial charge in [0.25, 0.3) is 5.91 Å². The van der Waals surface area contributed by atoms with Crippen LogP contribution >= 0.6 is 10.2 Å². The van der Waals surface area contributed by atoms with Gasteiger partial charge in [0.1, 0.15) is 11.9 Å². The van der Waals surface area contributed by atoms with E-state index in [4.69, 9.17) is 4.74 Å². The predicted octanol–water partition coefficient (Wildman–Crippen LogP) is 4.86. The Balaban J connectivity index is 1.26. The van der Waals surface area contributed by atoms with Crippen molar-refractivity contribution < 1.29 is 23.5 Å². The number of halogens is 1. The zero-order valence-electron chi connectivity index (χ0n) is 19.2. The third-order valence-corrected chi connectivity index (χ3v) is 9.86. The molecule has 3 aliphatic rings. The molecule has 5 rings (SSSR count). The van der Waals surface area contributed by atoms with E-state index in [0.29, 0.717) is 29.1 Å². The highest BCUT2D eigenvalue weighted by atomic mass is 32.3. The Morgan fingerprint density at radius 1 is 1.03 bits per heavy atom. The fourth-order valence-electron chi connectivity index (χ4n) is 4.96. The molecule has 1 atom stereocenters. The Hall–Kier alpha value is -3.27. The number of fused-ring (bicyclic) bond motifs is 1. The van der Waals surface area contributed by atoms with Gasteiger partial charge in [-0.05, 0) is 70.3 Å². The molecule has 2 amide bonds. The quantitative estimate of drug-likeness (QED) is 0.548. The van der Waals surface area contributed by atoms with Gasteiger partial charge in [0.2, 0.25) is 5.12 Å². The van der Waals surface area contributed by atoms with Crippen LogP contribution in [0.25, 0.3) is 0 Å². The lowest BCUT2D eigenvalue weighted by Crippen LogP contribution is -2.51. The van der Waals surface area contributed by atoms with Crippen LogP contribution in [-0.2, 0) is 10.5 Å². The molecule has 10 heteroatoms. The molecule has 0 aromatic heterocycles. The van der Waals surface area contributed by atoms with Crippen molar-refractivity contribution in [1.29, 1.82) is 0 Å². The number of benzene rings is 2. The number of nitrogens with zero attached hydrogens (tertiary/aromatic N) is 3. The summed E-state index contributed by atoms with van der Waals surface area (Å²) in [6, 6.07) is 10.9. The first-order valence-corrected chi connectivity index (χ1v) is 13.5. The average Bonchev–Trinajstić information content (AvgIpc) is 3.40. The first-order chi connectivity index (χ1) is 16.9. The van der Waals surface area contributed by atoms with Crippen LogP contribution < -0.4 is 0 Å². The summed E-state index contributed by atoms with van der Waals surface area (Å²) in [6.45, 7) is 1.15. The topological polar surface area (TPSA) is 96.4 Å². The highest BCUT2D eigenvalue weighted by Crippen LogP contribution is 2.70. The van der Waals surface area contributed by atoms with Crippen LogP contribution in [0.4, 0.5) is 9.18 Å². The van der Waals surface area contributed by atoms with Gasteiger partial charge in [0, 0.05) is 42.4 Å². The zero-order valence-corrected chi connectivity index (χ0v) is 20.0. The maximum absolute atomic E-state index is 14.7. The minimum Gasteiger partial charge on any atom is -0.446 e. The second-order valence-electron chi connectivity index (χ2n) is 9.09. The molecule has 184 valence electrons. The maximum atomic E-state index is 14.7. The number of nitroso groups, excluding NO2 is 1. The third kappa shape index (κ3) is 4.20. The van der Waals surface area contributed by atoms with Gasteiger partial charge in [-0.15, -0.1) is 4.91 Å². The van der Waals surface area contributed by atoms with Crippen LogP contribution in [0.2, 0.25) is 0 Å². The van der Waals surface area contributed by atoms with Gasteiger partial charge in [0.15, 0.2) is 0 Å². The molecule has 1 unspecified atom stereocenters. The first-order valence-electron chi connectivity index (χ1n) is 11.8. The normalized spacial score (nSPS) is 23.7. The molecule has 0 bridgehead atoms. The minimum atomic E-state index is -2.61. The molecule has 0 radical (unpaired) electrons. The van der Waals surface area contributed by atoms with Crippen molar-refractivity contribution in [2.75, 3.05) is 26.2 Å². The molecule has 1 saturated carbocycles. The SMILES string of the molecule is O=NS1(Cc2ccc(F)c(C(=O)N3CCN(C(=O)OC4CCCC4)CC3)c2)C(=O)c2ccccc21. The van der Waals surface area contributed by atoms with Crippen molar-refractivity contribution in [2.24, 2.45) is 4.58 Å². The van der Waals surface area contributed by atoms with E-state index in [1.54, 1.807) is 29.2 Å². The van der Waals surface area contributed by atoms with Crippen LogP contribution in [0.3, 0.4) is 0 Å². The molecule has 2 aliphatic heterocycles. The number of hydrogen-bond donors (Lipinski definition) is 0. The van der Waals surface area contributed by atoms with Gasteiger partial charge in [-0.3, -0.25) is 9.59 Å². The predicted molar refractivity (Wildman–Crippen MR) is 129 cm³/mol. The molecule has 0 spiro atoms. The van der Waals surface area contributed by atoms with E-state index in [1.165, 1.54) is 23.1 Å². The molecule has 2 aromatic rings. The Morgan fingerprint density at radius 3 is 2.43 bits per heavy atom. The molecule has 2 aromatic carbocycles. The van der Waals surface area contributed by atoms with Crippen LogP contribution in [0.15, 0.2) is 51.9 Å². The van der Waals surface area contributed by atoms with Gasteiger partial charge in [-0.25, -0.2) is 9.18 Å². The molecule has 1 aliphatic carbocycles. The molecular formula is C25H26FN3O5S. The lowest BCUT2D eigenvalue weighted by molar-refractivity contribution is 0.0420. The summed E-state index contributed by atoms with van der Waals surface area (Å²) in [5, 5.41) is -0.291. The second-order valence-corrected chi connectivity index (χ2v) is 11.7. The van der Waals surface area contributed by atoms with E-state index >= 15 is 0 Å². The first kappa shape index (κ1) is 23.5. The number of hydrogen-bond acceptors (Lipinski definition) is 6. The Labute approximate surface area is 203 Å². The van der Waals surface area contributed by atoms with Gasteiger partial charge in [0.05, 0.1) is 5.56 Å². The van der Waals surface area contributed by atoms with Crippen molar-refractivity contribution in [3.63, 3.8) is 0 Å². The summed E-state index contributed by atoms with van der Waals surface area (Å²) >= 11 is 0. The molecule has 8 nitrogen and oxygen atoms in total. The lowest BCUT2D eigenvalue weighted by Gasteiger charge is -2.40. The summed E-state index contributed by atoms with van der Waals surface area (Å²) in [6.07, 6.45) is 3.52. The van der Waals surface area contributed by atoms with Crippen LogP contribution in [0, 0.1) is 10.7 Å². The van der Waals surface area contributed by atoms with E-state index in [1.807, 2.05) is 0 Å². The fourth-order valence-corrected chi connectivity index (χ4v) is 7.53. The largest absolute Gasteiger partial charge is 0.446 e.